The second kappa shape index (κ2) is 13.7. The fourth-order valence-corrected chi connectivity index (χ4v) is 2.85. The van der Waals surface area contributed by atoms with Crippen LogP contribution >= 0.6 is 0 Å². The van der Waals surface area contributed by atoms with Gasteiger partial charge in [0.1, 0.15) is 25.4 Å². The van der Waals surface area contributed by atoms with E-state index >= 15 is 0 Å². The fourth-order valence-electron chi connectivity index (χ4n) is 2.85. The number of hydrogen-bond donors (Lipinski definition) is 2. The van der Waals surface area contributed by atoms with Crippen LogP contribution in [0.5, 0.6) is 0 Å². The molecular formula is C19H32O8. The van der Waals surface area contributed by atoms with Gasteiger partial charge in [-0.25, -0.2) is 4.79 Å². The summed E-state index contributed by atoms with van der Waals surface area (Å²) < 4.78 is 20.5. The van der Waals surface area contributed by atoms with Crippen molar-refractivity contribution in [2.75, 3.05) is 39.6 Å². The summed E-state index contributed by atoms with van der Waals surface area (Å²) in [6.45, 7) is 5.88. The summed E-state index contributed by atoms with van der Waals surface area (Å²) in [7, 11) is 0. The zero-order valence-electron chi connectivity index (χ0n) is 16.0. The smallest absolute Gasteiger partial charge is 0.330 e. The van der Waals surface area contributed by atoms with Gasteiger partial charge in [-0.05, 0) is 37.5 Å². The van der Waals surface area contributed by atoms with Gasteiger partial charge in [0.15, 0.2) is 0 Å². The van der Waals surface area contributed by atoms with Gasteiger partial charge in [-0.2, -0.15) is 0 Å². The number of hydrogen-bond acceptors (Lipinski definition) is 8. The average molecular weight is 388 g/mol. The van der Waals surface area contributed by atoms with Crippen LogP contribution in [0.1, 0.15) is 32.6 Å². The highest BCUT2D eigenvalue weighted by atomic mass is 16.6. The van der Waals surface area contributed by atoms with Crippen molar-refractivity contribution in [1.82, 2.24) is 0 Å². The summed E-state index contributed by atoms with van der Waals surface area (Å²) in [5.74, 6) is -0.0850. The van der Waals surface area contributed by atoms with Crippen molar-refractivity contribution in [2.45, 2.75) is 44.8 Å². The van der Waals surface area contributed by atoms with E-state index in [4.69, 9.17) is 18.9 Å². The third-order valence-electron chi connectivity index (χ3n) is 4.36. The highest BCUT2D eigenvalue weighted by Crippen LogP contribution is 2.29. The van der Waals surface area contributed by atoms with Gasteiger partial charge >= 0.3 is 11.9 Å². The number of esters is 2. The van der Waals surface area contributed by atoms with Crippen LogP contribution in [0.2, 0.25) is 0 Å². The minimum atomic E-state index is -0.836. The predicted octanol–water partition coefficient (Wildman–Crippen LogP) is 0.840. The number of carbonyl (C=O) groups is 2. The van der Waals surface area contributed by atoms with Gasteiger partial charge in [-0.3, -0.25) is 4.79 Å². The van der Waals surface area contributed by atoms with Gasteiger partial charge in [0.05, 0.1) is 13.2 Å². The molecule has 1 aliphatic carbocycles. The Morgan fingerprint density at radius 3 is 1.78 bits per heavy atom. The molecule has 0 saturated heterocycles. The number of ether oxygens (including phenoxy) is 4. The minimum absolute atomic E-state index is 0.0436. The highest BCUT2D eigenvalue weighted by molar-refractivity contribution is 5.81. The molecule has 0 heterocycles. The molecule has 2 atom stereocenters. The molecule has 8 heteroatoms. The summed E-state index contributed by atoms with van der Waals surface area (Å²) in [6, 6.07) is 0. The largest absolute Gasteiger partial charge is 0.463 e. The molecule has 0 amide bonds. The van der Waals surface area contributed by atoms with Gasteiger partial charge in [0.25, 0.3) is 0 Å². The zero-order valence-corrected chi connectivity index (χ0v) is 16.0. The normalized spacial score (nSPS) is 21.9. The molecule has 2 unspecified atom stereocenters. The number of aliphatic hydroxyl groups excluding tert-OH is 2. The first-order valence-corrected chi connectivity index (χ1v) is 9.34. The Balaban J connectivity index is 2.03. The van der Waals surface area contributed by atoms with E-state index < -0.39 is 24.1 Å². The van der Waals surface area contributed by atoms with Crippen molar-refractivity contribution in [2.24, 2.45) is 11.8 Å². The lowest BCUT2D eigenvalue weighted by atomic mass is 9.83. The van der Waals surface area contributed by atoms with Crippen molar-refractivity contribution in [3.8, 4) is 0 Å². The van der Waals surface area contributed by atoms with Gasteiger partial charge in [-0.1, -0.05) is 6.58 Å². The van der Waals surface area contributed by atoms with Crippen LogP contribution in [0, 0.1) is 11.8 Å². The van der Waals surface area contributed by atoms with E-state index in [1.54, 1.807) is 0 Å². The van der Waals surface area contributed by atoms with Crippen LogP contribution in [0.3, 0.4) is 0 Å². The Morgan fingerprint density at radius 1 is 0.926 bits per heavy atom. The molecule has 27 heavy (non-hydrogen) atoms. The molecule has 0 aromatic heterocycles. The Hall–Kier alpha value is -1.48. The summed E-state index contributed by atoms with van der Waals surface area (Å²) in [5.41, 5.74) is 0. The molecule has 2 N–H and O–H groups in total. The molecule has 0 aromatic carbocycles. The van der Waals surface area contributed by atoms with E-state index in [9.17, 15) is 19.8 Å². The predicted molar refractivity (Wildman–Crippen MR) is 96.9 cm³/mol. The molecule has 156 valence electrons. The monoisotopic (exact) mass is 388 g/mol. The topological polar surface area (TPSA) is 112 Å². The van der Waals surface area contributed by atoms with Crippen LogP contribution in [0.25, 0.3) is 0 Å². The van der Waals surface area contributed by atoms with Crippen LogP contribution in [0.15, 0.2) is 12.7 Å². The summed E-state index contributed by atoms with van der Waals surface area (Å²) in [5, 5.41) is 19.3. The average Bonchev–Trinajstić information content (AvgIpc) is 2.65. The van der Waals surface area contributed by atoms with E-state index in [1.807, 2.05) is 0 Å². The van der Waals surface area contributed by atoms with E-state index in [-0.39, 0.29) is 26.4 Å². The SMILES string of the molecule is C=CC(=O)OCC(O)COCC1CCC(COCC(O)COC(C)=O)CC1. The molecular weight excluding hydrogens is 356 g/mol. The molecule has 0 bridgehead atoms. The van der Waals surface area contributed by atoms with Crippen LogP contribution in [-0.4, -0.2) is 74.0 Å². The lowest BCUT2D eigenvalue weighted by molar-refractivity contribution is -0.145. The molecule has 1 aliphatic rings. The second-order valence-corrected chi connectivity index (χ2v) is 6.91. The van der Waals surface area contributed by atoms with E-state index in [0.717, 1.165) is 31.8 Å². The Morgan fingerprint density at radius 2 is 1.37 bits per heavy atom. The molecule has 1 rings (SSSR count). The molecule has 8 nitrogen and oxygen atoms in total. The summed E-state index contributed by atoms with van der Waals surface area (Å²) in [4.78, 5) is 21.6. The second-order valence-electron chi connectivity index (χ2n) is 6.91. The van der Waals surface area contributed by atoms with Crippen LogP contribution in [-0.2, 0) is 28.5 Å². The maximum atomic E-state index is 10.9. The van der Waals surface area contributed by atoms with Crippen molar-refractivity contribution < 1.29 is 38.7 Å². The van der Waals surface area contributed by atoms with Crippen LogP contribution in [0.4, 0.5) is 0 Å². The van der Waals surface area contributed by atoms with Gasteiger partial charge in [0, 0.05) is 26.2 Å². The lowest BCUT2D eigenvalue weighted by Gasteiger charge is -2.28. The lowest BCUT2D eigenvalue weighted by Crippen LogP contribution is -2.28. The first-order valence-electron chi connectivity index (χ1n) is 9.34. The standard InChI is InChI=1S/C19H32O8/c1-3-19(23)27-13-18(22)11-25-9-16-6-4-15(5-7-16)8-24-10-17(21)12-26-14(2)20/h3,15-18,21-22H,1,4-13H2,2H3. The zero-order chi connectivity index (χ0) is 20.1. The van der Waals surface area contributed by atoms with E-state index in [2.05, 4.69) is 6.58 Å². The van der Waals surface area contributed by atoms with Gasteiger partial charge in [-0.15, -0.1) is 0 Å². The molecule has 0 aromatic rings. The Bertz CT molecular complexity index is 445. The van der Waals surface area contributed by atoms with Crippen molar-refractivity contribution in [3.05, 3.63) is 12.7 Å². The number of rotatable bonds is 13. The van der Waals surface area contributed by atoms with Gasteiger partial charge in [0.2, 0.25) is 0 Å². The first-order chi connectivity index (χ1) is 12.9. The molecule has 1 saturated carbocycles. The quantitative estimate of drug-likeness (QED) is 0.353. The van der Waals surface area contributed by atoms with E-state index in [0.29, 0.717) is 25.0 Å². The maximum absolute atomic E-state index is 10.9. The fraction of sp³-hybridized carbons (Fsp3) is 0.789. The van der Waals surface area contributed by atoms with Crippen molar-refractivity contribution >= 4 is 11.9 Å². The maximum Gasteiger partial charge on any atom is 0.330 e. The third-order valence-corrected chi connectivity index (χ3v) is 4.36. The third kappa shape index (κ3) is 11.8. The van der Waals surface area contributed by atoms with Crippen molar-refractivity contribution in [3.63, 3.8) is 0 Å². The number of carbonyl (C=O) groups excluding carboxylic acids is 2. The molecule has 0 spiro atoms. The molecule has 0 aliphatic heterocycles. The molecule has 0 radical (unpaired) electrons. The van der Waals surface area contributed by atoms with Crippen LogP contribution < -0.4 is 0 Å². The molecule has 1 fully saturated rings. The van der Waals surface area contributed by atoms with Crippen molar-refractivity contribution in [1.29, 1.82) is 0 Å². The highest BCUT2D eigenvalue weighted by Gasteiger charge is 2.22. The van der Waals surface area contributed by atoms with E-state index in [1.165, 1.54) is 6.92 Å². The Kier molecular flexibility index (Phi) is 11.9. The first kappa shape index (κ1) is 23.6. The van der Waals surface area contributed by atoms with Gasteiger partial charge < -0.3 is 29.2 Å². The summed E-state index contributed by atoms with van der Waals surface area (Å²) in [6.07, 6.45) is 3.50. The summed E-state index contributed by atoms with van der Waals surface area (Å²) >= 11 is 0. The number of aliphatic hydroxyl groups is 2. The minimum Gasteiger partial charge on any atom is -0.463 e. The Labute approximate surface area is 160 Å².